The first-order chi connectivity index (χ1) is 13.3. The van der Waals surface area contributed by atoms with Gasteiger partial charge in [-0.25, -0.2) is 12.8 Å². The van der Waals surface area contributed by atoms with Gasteiger partial charge < -0.3 is 5.32 Å². The number of rotatable bonds is 6. The van der Waals surface area contributed by atoms with E-state index in [1.165, 1.54) is 10.4 Å². The van der Waals surface area contributed by atoms with E-state index in [1.54, 1.807) is 36.4 Å². The summed E-state index contributed by atoms with van der Waals surface area (Å²) in [6.45, 7) is 2.44. The molecule has 0 bridgehead atoms. The average Bonchev–Trinajstić information content (AvgIpc) is 3.16. The van der Waals surface area contributed by atoms with Crippen LogP contribution in [0.25, 0.3) is 0 Å². The number of amides is 1. The van der Waals surface area contributed by atoms with Crippen LogP contribution in [0.1, 0.15) is 24.0 Å². The number of carbonyl (C=O) groups excluding carboxylic acids is 1. The summed E-state index contributed by atoms with van der Waals surface area (Å²) >= 11 is 3.30. The monoisotopic (exact) mass is 468 g/mol. The molecule has 150 valence electrons. The van der Waals surface area contributed by atoms with Crippen LogP contribution >= 0.6 is 15.9 Å². The van der Waals surface area contributed by atoms with Crippen LogP contribution in [-0.2, 0) is 21.2 Å². The maximum atomic E-state index is 13.8. The lowest BCUT2D eigenvalue weighted by atomic mass is 10.1. The molecule has 1 aliphatic heterocycles. The predicted molar refractivity (Wildman–Crippen MR) is 109 cm³/mol. The zero-order valence-corrected chi connectivity index (χ0v) is 17.9. The lowest BCUT2D eigenvalue weighted by Crippen LogP contribution is -2.46. The fraction of sp³-hybridized carbons (Fsp3) is 0.350. The highest BCUT2D eigenvalue weighted by Gasteiger charge is 2.39. The third-order valence-electron chi connectivity index (χ3n) is 4.84. The maximum absolute atomic E-state index is 13.8. The molecule has 5 nitrogen and oxygen atoms in total. The number of halogens is 2. The Morgan fingerprint density at radius 2 is 1.96 bits per heavy atom. The van der Waals surface area contributed by atoms with Crippen molar-refractivity contribution < 1.29 is 17.6 Å². The van der Waals surface area contributed by atoms with Crippen molar-refractivity contribution in [2.24, 2.45) is 0 Å². The number of carbonyl (C=O) groups is 1. The molecular formula is C20H22BrFN2O3S. The Morgan fingerprint density at radius 3 is 2.68 bits per heavy atom. The van der Waals surface area contributed by atoms with Crippen molar-refractivity contribution in [3.8, 4) is 0 Å². The van der Waals surface area contributed by atoms with Gasteiger partial charge in [-0.15, -0.1) is 0 Å². The number of sulfonamides is 1. The van der Waals surface area contributed by atoms with Gasteiger partial charge in [0.1, 0.15) is 11.9 Å². The van der Waals surface area contributed by atoms with Crippen LogP contribution in [0, 0.1) is 12.7 Å². The Bertz CT molecular complexity index is 964. The summed E-state index contributed by atoms with van der Waals surface area (Å²) in [6.07, 6.45) is 1.43. The van der Waals surface area contributed by atoms with Crippen molar-refractivity contribution >= 4 is 31.9 Å². The minimum Gasteiger partial charge on any atom is -0.354 e. The fourth-order valence-corrected chi connectivity index (χ4v) is 5.37. The van der Waals surface area contributed by atoms with Gasteiger partial charge in [-0.05, 0) is 62.1 Å². The van der Waals surface area contributed by atoms with Crippen LogP contribution < -0.4 is 5.32 Å². The van der Waals surface area contributed by atoms with E-state index in [9.17, 15) is 17.6 Å². The van der Waals surface area contributed by atoms with Crippen molar-refractivity contribution in [1.82, 2.24) is 9.62 Å². The molecule has 0 saturated carbocycles. The Labute approximate surface area is 173 Å². The topological polar surface area (TPSA) is 66.5 Å². The summed E-state index contributed by atoms with van der Waals surface area (Å²) in [5.41, 5.74) is 1.46. The molecule has 0 unspecified atom stereocenters. The zero-order valence-electron chi connectivity index (χ0n) is 15.5. The van der Waals surface area contributed by atoms with Gasteiger partial charge in [0.05, 0.1) is 4.90 Å². The fourth-order valence-electron chi connectivity index (χ4n) is 3.31. The molecule has 1 fully saturated rings. The third kappa shape index (κ3) is 4.61. The van der Waals surface area contributed by atoms with Gasteiger partial charge in [0.25, 0.3) is 0 Å². The number of nitrogens with one attached hydrogen (secondary N) is 1. The smallest absolute Gasteiger partial charge is 0.243 e. The summed E-state index contributed by atoms with van der Waals surface area (Å²) in [5.74, 6) is -0.675. The Morgan fingerprint density at radius 1 is 1.25 bits per heavy atom. The van der Waals surface area contributed by atoms with Crippen LogP contribution in [0.15, 0.2) is 51.8 Å². The normalized spacial score (nSPS) is 17.6. The number of hydrogen-bond donors (Lipinski definition) is 1. The van der Waals surface area contributed by atoms with Crippen molar-refractivity contribution in [2.75, 3.05) is 13.1 Å². The van der Waals surface area contributed by atoms with Gasteiger partial charge in [-0.2, -0.15) is 4.31 Å². The number of aryl methyl sites for hydroxylation is 1. The van der Waals surface area contributed by atoms with E-state index in [4.69, 9.17) is 0 Å². The molecule has 1 saturated heterocycles. The van der Waals surface area contributed by atoms with Gasteiger partial charge >= 0.3 is 0 Å². The first-order valence-corrected chi connectivity index (χ1v) is 11.3. The van der Waals surface area contributed by atoms with E-state index < -0.39 is 16.1 Å². The Kier molecular flexibility index (Phi) is 6.52. The molecule has 2 aromatic rings. The molecule has 0 radical (unpaired) electrons. The second kappa shape index (κ2) is 8.71. The number of benzene rings is 2. The predicted octanol–water partition coefficient (Wildman–Crippen LogP) is 3.41. The molecule has 3 rings (SSSR count). The summed E-state index contributed by atoms with van der Waals surface area (Å²) in [4.78, 5) is 12.8. The highest BCUT2D eigenvalue weighted by Crippen LogP contribution is 2.26. The lowest BCUT2D eigenvalue weighted by Gasteiger charge is -2.23. The second-order valence-electron chi connectivity index (χ2n) is 6.86. The number of hydrogen-bond acceptors (Lipinski definition) is 3. The van der Waals surface area contributed by atoms with Crippen molar-refractivity contribution in [1.29, 1.82) is 0 Å². The standard InChI is InChI=1S/C20H22BrFN2O3S/c1-14-4-7-17(8-5-14)28(26,27)24-12-2-3-19(24)20(25)23-11-10-15-13-16(21)6-9-18(15)22/h4-9,13,19H,2-3,10-12H2,1H3,(H,23,25)/t19-/m0/s1. The highest BCUT2D eigenvalue weighted by molar-refractivity contribution is 9.10. The van der Waals surface area contributed by atoms with E-state index in [-0.39, 0.29) is 23.2 Å². The molecule has 2 aromatic carbocycles. The molecule has 1 heterocycles. The largest absolute Gasteiger partial charge is 0.354 e. The summed E-state index contributed by atoms with van der Waals surface area (Å²) in [5, 5.41) is 2.76. The molecule has 0 aromatic heterocycles. The van der Waals surface area contributed by atoms with Gasteiger partial charge in [-0.3, -0.25) is 4.79 Å². The molecule has 0 spiro atoms. The quantitative estimate of drug-likeness (QED) is 0.706. The molecule has 0 aliphatic carbocycles. The van der Waals surface area contributed by atoms with E-state index in [0.29, 0.717) is 31.4 Å². The number of nitrogens with zero attached hydrogens (tertiary/aromatic N) is 1. The van der Waals surface area contributed by atoms with E-state index in [0.717, 1.165) is 10.0 Å². The Hall–Kier alpha value is -1.77. The minimum atomic E-state index is -3.73. The van der Waals surface area contributed by atoms with Crippen LogP contribution in [0.4, 0.5) is 4.39 Å². The molecular weight excluding hydrogens is 447 g/mol. The average molecular weight is 469 g/mol. The lowest BCUT2D eigenvalue weighted by molar-refractivity contribution is -0.124. The molecule has 28 heavy (non-hydrogen) atoms. The highest BCUT2D eigenvalue weighted by atomic mass is 79.9. The van der Waals surface area contributed by atoms with E-state index in [1.807, 2.05) is 6.92 Å². The van der Waals surface area contributed by atoms with Crippen LogP contribution in [0.2, 0.25) is 0 Å². The van der Waals surface area contributed by atoms with Gasteiger partial charge in [0, 0.05) is 17.6 Å². The summed E-state index contributed by atoms with van der Waals surface area (Å²) in [6, 6.07) is 10.5. The van der Waals surface area contributed by atoms with Crippen molar-refractivity contribution in [3.05, 3.63) is 63.9 Å². The zero-order chi connectivity index (χ0) is 20.3. The van der Waals surface area contributed by atoms with Crippen LogP contribution in [-0.4, -0.2) is 37.8 Å². The van der Waals surface area contributed by atoms with Gasteiger partial charge in [0.2, 0.25) is 15.9 Å². The molecule has 1 atom stereocenters. The van der Waals surface area contributed by atoms with E-state index >= 15 is 0 Å². The molecule has 1 N–H and O–H groups in total. The molecule has 1 aliphatic rings. The third-order valence-corrected chi connectivity index (χ3v) is 7.25. The first-order valence-electron chi connectivity index (χ1n) is 9.09. The van der Waals surface area contributed by atoms with Crippen LogP contribution in [0.3, 0.4) is 0 Å². The first kappa shape index (κ1) is 21.0. The second-order valence-corrected chi connectivity index (χ2v) is 9.67. The van der Waals surface area contributed by atoms with Crippen molar-refractivity contribution in [3.63, 3.8) is 0 Å². The minimum absolute atomic E-state index is 0.189. The maximum Gasteiger partial charge on any atom is 0.243 e. The van der Waals surface area contributed by atoms with Gasteiger partial charge in [0.15, 0.2) is 0 Å². The molecule has 1 amide bonds. The van der Waals surface area contributed by atoms with Crippen molar-refractivity contribution in [2.45, 2.75) is 37.1 Å². The summed E-state index contributed by atoms with van der Waals surface area (Å²) in [7, 11) is -3.73. The van der Waals surface area contributed by atoms with Crippen LogP contribution in [0.5, 0.6) is 0 Å². The summed E-state index contributed by atoms with van der Waals surface area (Å²) < 4.78 is 41.7. The van der Waals surface area contributed by atoms with E-state index in [2.05, 4.69) is 21.2 Å². The SMILES string of the molecule is Cc1ccc(S(=O)(=O)N2CCC[C@H]2C(=O)NCCc2cc(Br)ccc2F)cc1. The molecule has 8 heteroatoms. The Balaban J connectivity index is 1.66. The van der Waals surface area contributed by atoms with Gasteiger partial charge in [-0.1, -0.05) is 33.6 Å².